The molecule has 0 aliphatic carbocycles. The van der Waals surface area contributed by atoms with E-state index < -0.39 is 0 Å². The summed E-state index contributed by atoms with van der Waals surface area (Å²) in [6.07, 6.45) is 0. The molecular formula is C8H9N5OS. The molecule has 6 nitrogen and oxygen atoms in total. The number of aromatic nitrogens is 4. The van der Waals surface area contributed by atoms with Crippen LogP contribution >= 0.6 is 11.3 Å². The van der Waals surface area contributed by atoms with Gasteiger partial charge in [-0.25, -0.2) is 9.97 Å². The molecule has 2 heterocycles. The lowest BCUT2D eigenvalue weighted by atomic mass is 10.5. The third kappa shape index (κ3) is 2.18. The summed E-state index contributed by atoms with van der Waals surface area (Å²) in [5.41, 5.74) is 0.876. The summed E-state index contributed by atoms with van der Waals surface area (Å²) in [6.45, 7) is 3.60. The van der Waals surface area contributed by atoms with E-state index in [1.165, 1.54) is 11.3 Å². The van der Waals surface area contributed by atoms with E-state index in [2.05, 4.69) is 25.5 Å². The molecule has 0 bridgehead atoms. The highest BCUT2D eigenvalue weighted by Gasteiger charge is 2.12. The summed E-state index contributed by atoms with van der Waals surface area (Å²) in [6, 6.07) is 0. The number of anilines is 1. The van der Waals surface area contributed by atoms with Gasteiger partial charge in [0, 0.05) is 5.38 Å². The van der Waals surface area contributed by atoms with Crippen molar-refractivity contribution in [3.63, 3.8) is 0 Å². The molecule has 0 aliphatic rings. The summed E-state index contributed by atoms with van der Waals surface area (Å²) in [4.78, 5) is 19.6. The van der Waals surface area contributed by atoms with E-state index in [0.717, 1.165) is 5.69 Å². The number of carbonyl (C=O) groups excluding carboxylic acids is 1. The first-order chi connectivity index (χ1) is 7.15. The van der Waals surface area contributed by atoms with Crippen molar-refractivity contribution >= 4 is 22.4 Å². The largest absolute Gasteiger partial charge is 0.297 e. The lowest BCUT2D eigenvalue weighted by molar-refractivity contribution is 0.101. The first-order valence-electron chi connectivity index (χ1n) is 4.27. The van der Waals surface area contributed by atoms with Gasteiger partial charge in [-0.15, -0.1) is 16.4 Å². The van der Waals surface area contributed by atoms with Gasteiger partial charge in [0.25, 0.3) is 5.91 Å². The Kier molecular flexibility index (Phi) is 2.46. The zero-order valence-electron chi connectivity index (χ0n) is 8.24. The Labute approximate surface area is 89.8 Å². The van der Waals surface area contributed by atoms with Crippen LogP contribution in [0.2, 0.25) is 0 Å². The molecular weight excluding hydrogens is 214 g/mol. The molecule has 7 heteroatoms. The van der Waals surface area contributed by atoms with Gasteiger partial charge in [-0.3, -0.25) is 15.2 Å². The first kappa shape index (κ1) is 9.78. The topological polar surface area (TPSA) is 83.6 Å². The Morgan fingerprint density at radius 2 is 2.27 bits per heavy atom. The average molecular weight is 223 g/mol. The number of carbonyl (C=O) groups is 1. The maximum Gasteiger partial charge on any atom is 0.297 e. The lowest BCUT2D eigenvalue weighted by Gasteiger charge is -1.95. The molecule has 0 saturated heterocycles. The number of nitrogens with one attached hydrogen (secondary N) is 2. The Hall–Kier alpha value is -1.76. The maximum atomic E-state index is 11.5. The second-order valence-corrected chi connectivity index (χ2v) is 3.85. The number of hydrogen-bond acceptors (Lipinski definition) is 5. The van der Waals surface area contributed by atoms with Gasteiger partial charge in [-0.05, 0) is 13.8 Å². The Bertz CT molecular complexity index is 489. The van der Waals surface area contributed by atoms with Crippen LogP contribution in [0.1, 0.15) is 22.1 Å². The van der Waals surface area contributed by atoms with Crippen molar-refractivity contribution in [3.05, 3.63) is 22.7 Å². The molecule has 2 N–H and O–H groups in total. The monoisotopic (exact) mass is 223 g/mol. The van der Waals surface area contributed by atoms with E-state index in [4.69, 9.17) is 0 Å². The van der Waals surface area contributed by atoms with Gasteiger partial charge in [-0.2, -0.15) is 0 Å². The van der Waals surface area contributed by atoms with Crippen LogP contribution in [0.3, 0.4) is 0 Å². The van der Waals surface area contributed by atoms with E-state index in [9.17, 15) is 4.79 Å². The number of aromatic amines is 1. The standard InChI is InChI=1S/C8H9N5OS/c1-4-3-15-8(9-4)11-7(14)6-10-5(2)12-13-6/h3H,1-2H3,(H,9,11,14)(H,10,12,13). The van der Waals surface area contributed by atoms with Crippen LogP contribution in [-0.2, 0) is 0 Å². The van der Waals surface area contributed by atoms with Gasteiger partial charge in [0.05, 0.1) is 5.69 Å². The molecule has 0 aromatic carbocycles. The van der Waals surface area contributed by atoms with Gasteiger partial charge in [0.15, 0.2) is 5.13 Å². The number of thiazole rings is 1. The van der Waals surface area contributed by atoms with E-state index in [1.807, 2.05) is 12.3 Å². The second-order valence-electron chi connectivity index (χ2n) is 2.99. The first-order valence-corrected chi connectivity index (χ1v) is 5.15. The quantitative estimate of drug-likeness (QED) is 0.799. The predicted octanol–water partition coefficient (Wildman–Crippen LogP) is 1.13. The summed E-state index contributed by atoms with van der Waals surface area (Å²) in [5.74, 6) is 0.379. The average Bonchev–Trinajstić information content (AvgIpc) is 2.75. The molecule has 0 aliphatic heterocycles. The highest BCUT2D eigenvalue weighted by molar-refractivity contribution is 7.13. The fourth-order valence-electron chi connectivity index (χ4n) is 1.01. The van der Waals surface area contributed by atoms with Crippen molar-refractivity contribution in [2.24, 2.45) is 0 Å². The van der Waals surface area contributed by atoms with Crippen LogP contribution in [0.5, 0.6) is 0 Å². The van der Waals surface area contributed by atoms with E-state index >= 15 is 0 Å². The summed E-state index contributed by atoms with van der Waals surface area (Å²) >= 11 is 1.37. The molecule has 0 spiro atoms. The van der Waals surface area contributed by atoms with Gasteiger partial charge in [-0.1, -0.05) is 0 Å². The minimum absolute atomic E-state index is 0.125. The van der Waals surface area contributed by atoms with E-state index in [0.29, 0.717) is 11.0 Å². The SMILES string of the molecule is Cc1csc(NC(=O)c2n[nH]c(C)n2)n1. The van der Waals surface area contributed by atoms with Crippen molar-refractivity contribution in [2.45, 2.75) is 13.8 Å². The number of rotatable bonds is 2. The summed E-state index contributed by atoms with van der Waals surface area (Å²) in [7, 11) is 0. The van der Waals surface area contributed by atoms with Crippen molar-refractivity contribution in [1.29, 1.82) is 0 Å². The third-order valence-electron chi connectivity index (χ3n) is 1.64. The van der Waals surface area contributed by atoms with Crippen molar-refractivity contribution in [3.8, 4) is 0 Å². The fourth-order valence-corrected chi connectivity index (χ4v) is 1.69. The predicted molar refractivity (Wildman–Crippen MR) is 55.9 cm³/mol. The van der Waals surface area contributed by atoms with Gasteiger partial charge >= 0.3 is 0 Å². The number of nitrogens with zero attached hydrogens (tertiary/aromatic N) is 3. The smallest absolute Gasteiger partial charge is 0.295 e. The van der Waals surface area contributed by atoms with E-state index in [1.54, 1.807) is 6.92 Å². The molecule has 15 heavy (non-hydrogen) atoms. The van der Waals surface area contributed by atoms with Crippen LogP contribution in [0.4, 0.5) is 5.13 Å². The van der Waals surface area contributed by atoms with Crippen LogP contribution < -0.4 is 5.32 Å². The minimum atomic E-state index is -0.353. The second kappa shape index (κ2) is 3.77. The summed E-state index contributed by atoms with van der Waals surface area (Å²) in [5, 5.41) is 11.4. The van der Waals surface area contributed by atoms with Gasteiger partial charge in [0.2, 0.25) is 5.82 Å². The maximum absolute atomic E-state index is 11.5. The van der Waals surface area contributed by atoms with Crippen molar-refractivity contribution in [2.75, 3.05) is 5.32 Å². The van der Waals surface area contributed by atoms with Gasteiger partial charge in [0.1, 0.15) is 5.82 Å². The van der Waals surface area contributed by atoms with E-state index in [-0.39, 0.29) is 11.7 Å². The fraction of sp³-hybridized carbons (Fsp3) is 0.250. The molecule has 0 unspecified atom stereocenters. The zero-order chi connectivity index (χ0) is 10.8. The number of hydrogen-bond donors (Lipinski definition) is 2. The number of amides is 1. The molecule has 0 fully saturated rings. The normalized spacial score (nSPS) is 10.3. The molecule has 2 rings (SSSR count). The lowest BCUT2D eigenvalue weighted by Crippen LogP contribution is -2.13. The molecule has 0 saturated carbocycles. The van der Waals surface area contributed by atoms with Crippen LogP contribution in [-0.4, -0.2) is 26.1 Å². The van der Waals surface area contributed by atoms with Crippen LogP contribution in [0.25, 0.3) is 0 Å². The highest BCUT2D eigenvalue weighted by Crippen LogP contribution is 2.14. The molecule has 0 atom stereocenters. The summed E-state index contributed by atoms with van der Waals surface area (Å²) < 4.78 is 0. The molecule has 2 aromatic heterocycles. The Morgan fingerprint density at radius 3 is 2.80 bits per heavy atom. The Morgan fingerprint density at radius 1 is 1.47 bits per heavy atom. The van der Waals surface area contributed by atoms with Crippen LogP contribution in [0.15, 0.2) is 5.38 Å². The van der Waals surface area contributed by atoms with Crippen molar-refractivity contribution < 1.29 is 4.79 Å². The highest BCUT2D eigenvalue weighted by atomic mass is 32.1. The number of aryl methyl sites for hydroxylation is 2. The number of H-pyrrole nitrogens is 1. The minimum Gasteiger partial charge on any atom is -0.295 e. The molecule has 2 aromatic rings. The molecule has 0 radical (unpaired) electrons. The third-order valence-corrected chi connectivity index (χ3v) is 2.52. The molecule has 78 valence electrons. The van der Waals surface area contributed by atoms with Crippen molar-refractivity contribution in [1.82, 2.24) is 20.2 Å². The molecule has 1 amide bonds. The Balaban J connectivity index is 2.10. The zero-order valence-corrected chi connectivity index (χ0v) is 9.05. The van der Waals surface area contributed by atoms with Gasteiger partial charge < -0.3 is 0 Å². The van der Waals surface area contributed by atoms with Crippen LogP contribution in [0, 0.1) is 13.8 Å².